The summed E-state index contributed by atoms with van der Waals surface area (Å²) in [7, 11) is 2.02. The first-order valence-electron chi connectivity index (χ1n) is 5.80. The Balaban J connectivity index is 2.24. The van der Waals surface area contributed by atoms with Gasteiger partial charge in [0.2, 0.25) is 0 Å². The molecule has 90 valence electrons. The first kappa shape index (κ1) is 10.4. The van der Waals surface area contributed by atoms with Gasteiger partial charge in [-0.15, -0.1) is 0 Å². The topological polar surface area (TPSA) is 61.3 Å². The molecule has 1 aliphatic rings. The molecule has 0 radical (unpaired) electrons. The van der Waals surface area contributed by atoms with Gasteiger partial charge in [0.05, 0.1) is 17.2 Å². The van der Waals surface area contributed by atoms with E-state index in [-0.39, 0.29) is 17.6 Å². The van der Waals surface area contributed by atoms with Crippen LogP contribution in [0, 0.1) is 0 Å². The van der Waals surface area contributed by atoms with E-state index in [1.54, 1.807) is 22.8 Å². The highest BCUT2D eigenvalue weighted by Crippen LogP contribution is 2.28. The molecule has 2 aromatic rings. The Labute approximate surface area is 98.3 Å². The molecule has 17 heavy (non-hydrogen) atoms. The highest BCUT2D eigenvalue weighted by molar-refractivity contribution is 5.77. The molecule has 3 rings (SSSR count). The maximum atomic E-state index is 12.0. The zero-order valence-corrected chi connectivity index (χ0v) is 9.68. The monoisotopic (exact) mass is 233 g/mol. The van der Waals surface area contributed by atoms with Crippen LogP contribution >= 0.6 is 0 Å². The van der Waals surface area contributed by atoms with Crippen LogP contribution in [0.3, 0.4) is 0 Å². The van der Waals surface area contributed by atoms with Crippen molar-refractivity contribution in [2.24, 2.45) is 0 Å². The van der Waals surface area contributed by atoms with Crippen LogP contribution < -0.4 is 5.69 Å². The molecule has 1 fully saturated rings. The number of phenolic OH excluding ortho intramolecular Hbond substituents is 1. The quantitative estimate of drug-likeness (QED) is 0.779. The van der Waals surface area contributed by atoms with Crippen LogP contribution in [0.2, 0.25) is 0 Å². The number of aromatic amines is 1. The van der Waals surface area contributed by atoms with E-state index in [2.05, 4.69) is 9.88 Å². The summed E-state index contributed by atoms with van der Waals surface area (Å²) in [5, 5.41) is 9.53. The number of nitrogens with one attached hydrogen (secondary N) is 1. The van der Waals surface area contributed by atoms with Crippen molar-refractivity contribution >= 4 is 11.0 Å². The van der Waals surface area contributed by atoms with Crippen molar-refractivity contribution in [1.82, 2.24) is 14.5 Å². The van der Waals surface area contributed by atoms with Gasteiger partial charge in [-0.2, -0.15) is 0 Å². The van der Waals surface area contributed by atoms with Gasteiger partial charge in [-0.1, -0.05) is 0 Å². The highest BCUT2D eigenvalue weighted by atomic mass is 16.3. The number of hydrogen-bond donors (Lipinski definition) is 2. The third-order valence-corrected chi connectivity index (χ3v) is 3.48. The molecule has 1 aromatic carbocycles. The molecule has 2 heterocycles. The smallest absolute Gasteiger partial charge is 0.327 e. The van der Waals surface area contributed by atoms with Gasteiger partial charge in [-0.25, -0.2) is 4.79 Å². The maximum Gasteiger partial charge on any atom is 0.327 e. The number of likely N-dealkylation sites (tertiary alicyclic amines) is 1. The van der Waals surface area contributed by atoms with E-state index >= 15 is 0 Å². The molecule has 1 unspecified atom stereocenters. The molecule has 0 saturated carbocycles. The van der Waals surface area contributed by atoms with E-state index in [1.165, 1.54) is 0 Å². The minimum absolute atomic E-state index is 0.0954. The lowest BCUT2D eigenvalue weighted by Crippen LogP contribution is -2.30. The normalized spacial score (nSPS) is 21.4. The Bertz CT molecular complexity index is 614. The fourth-order valence-corrected chi connectivity index (χ4v) is 2.62. The van der Waals surface area contributed by atoms with E-state index in [1.807, 2.05) is 7.05 Å². The Morgan fingerprint density at radius 1 is 1.47 bits per heavy atom. The second-order valence-corrected chi connectivity index (χ2v) is 4.61. The molecule has 1 saturated heterocycles. The lowest BCUT2D eigenvalue weighted by molar-refractivity contribution is 0.238. The number of phenols is 1. The van der Waals surface area contributed by atoms with Gasteiger partial charge >= 0.3 is 5.69 Å². The van der Waals surface area contributed by atoms with Gasteiger partial charge in [-0.3, -0.25) is 9.47 Å². The molecule has 0 bridgehead atoms. The predicted molar refractivity (Wildman–Crippen MR) is 65.1 cm³/mol. The fourth-order valence-electron chi connectivity index (χ4n) is 2.62. The fraction of sp³-hybridized carbons (Fsp3) is 0.417. The van der Waals surface area contributed by atoms with Gasteiger partial charge in [0.15, 0.2) is 0 Å². The van der Waals surface area contributed by atoms with Crippen LogP contribution in [0.25, 0.3) is 11.0 Å². The van der Waals surface area contributed by atoms with Crippen LogP contribution in [-0.4, -0.2) is 33.1 Å². The number of benzene rings is 1. The predicted octanol–water partition coefficient (Wildman–Crippen LogP) is 1.26. The van der Waals surface area contributed by atoms with Crippen LogP contribution in [0.5, 0.6) is 5.75 Å². The SMILES string of the molecule is CN1CCCC1n1c(=O)[nH]c2ccc(O)cc21. The average Bonchev–Trinajstić information content (AvgIpc) is 2.81. The second kappa shape index (κ2) is 3.63. The Hall–Kier alpha value is -1.75. The highest BCUT2D eigenvalue weighted by Gasteiger charge is 2.25. The molecule has 0 aliphatic carbocycles. The van der Waals surface area contributed by atoms with Crippen molar-refractivity contribution in [2.45, 2.75) is 19.0 Å². The van der Waals surface area contributed by atoms with Crippen molar-refractivity contribution in [2.75, 3.05) is 13.6 Å². The van der Waals surface area contributed by atoms with E-state index in [0.29, 0.717) is 0 Å². The van der Waals surface area contributed by atoms with Crippen LogP contribution in [-0.2, 0) is 0 Å². The molecule has 1 aromatic heterocycles. The lowest BCUT2D eigenvalue weighted by atomic mass is 10.2. The summed E-state index contributed by atoms with van der Waals surface area (Å²) in [5.41, 5.74) is 1.44. The van der Waals surface area contributed by atoms with Crippen molar-refractivity contribution in [3.05, 3.63) is 28.7 Å². The summed E-state index contributed by atoms with van der Waals surface area (Å²) in [6.45, 7) is 1.00. The summed E-state index contributed by atoms with van der Waals surface area (Å²) < 4.78 is 1.74. The third kappa shape index (κ3) is 1.54. The number of hydrogen-bond acceptors (Lipinski definition) is 3. The molecule has 0 spiro atoms. The zero-order chi connectivity index (χ0) is 12.0. The largest absolute Gasteiger partial charge is 0.508 e. The van der Waals surface area contributed by atoms with Gasteiger partial charge < -0.3 is 10.1 Å². The van der Waals surface area contributed by atoms with Crippen molar-refractivity contribution < 1.29 is 5.11 Å². The van der Waals surface area contributed by atoms with Crippen molar-refractivity contribution in [3.8, 4) is 5.75 Å². The number of aromatic nitrogens is 2. The van der Waals surface area contributed by atoms with Crippen molar-refractivity contribution in [3.63, 3.8) is 0 Å². The lowest BCUT2D eigenvalue weighted by Gasteiger charge is -2.20. The van der Waals surface area contributed by atoms with Crippen molar-refractivity contribution in [1.29, 1.82) is 0 Å². The molecule has 5 nitrogen and oxygen atoms in total. The summed E-state index contributed by atoms with van der Waals surface area (Å²) in [6, 6.07) is 4.96. The van der Waals surface area contributed by atoms with Gasteiger partial charge in [0.25, 0.3) is 0 Å². The average molecular weight is 233 g/mol. The molecule has 1 atom stereocenters. The van der Waals surface area contributed by atoms with E-state index in [0.717, 1.165) is 30.4 Å². The first-order chi connectivity index (χ1) is 8.16. The Morgan fingerprint density at radius 2 is 2.29 bits per heavy atom. The van der Waals surface area contributed by atoms with Gasteiger partial charge in [0.1, 0.15) is 5.75 Å². The molecular formula is C12H15N3O2. The number of imidazole rings is 1. The molecule has 0 amide bonds. The molecule has 1 aliphatic heterocycles. The number of aromatic hydroxyl groups is 1. The summed E-state index contributed by atoms with van der Waals surface area (Å²) in [6.07, 6.45) is 2.16. The Morgan fingerprint density at radius 3 is 3.00 bits per heavy atom. The van der Waals surface area contributed by atoms with Gasteiger partial charge in [-0.05, 0) is 38.6 Å². The van der Waals surface area contributed by atoms with Crippen LogP contribution in [0.4, 0.5) is 0 Å². The molecule has 2 N–H and O–H groups in total. The summed E-state index contributed by atoms with van der Waals surface area (Å²) in [5.74, 6) is 0.186. The first-order valence-corrected chi connectivity index (χ1v) is 5.80. The van der Waals surface area contributed by atoms with E-state index in [4.69, 9.17) is 0 Å². The number of H-pyrrole nitrogens is 1. The molecule has 5 heteroatoms. The minimum Gasteiger partial charge on any atom is -0.508 e. The summed E-state index contributed by atoms with van der Waals surface area (Å²) >= 11 is 0. The number of rotatable bonds is 1. The number of nitrogens with zero attached hydrogens (tertiary/aromatic N) is 2. The second-order valence-electron chi connectivity index (χ2n) is 4.61. The van der Waals surface area contributed by atoms with Crippen LogP contribution in [0.15, 0.2) is 23.0 Å². The zero-order valence-electron chi connectivity index (χ0n) is 9.68. The summed E-state index contributed by atoms with van der Waals surface area (Å²) in [4.78, 5) is 17.0. The van der Waals surface area contributed by atoms with Crippen LogP contribution in [0.1, 0.15) is 19.0 Å². The molecular weight excluding hydrogens is 218 g/mol. The standard InChI is InChI=1S/C12H15N3O2/c1-14-6-2-3-11(14)15-10-7-8(16)4-5-9(10)13-12(15)17/h4-5,7,11,16H,2-3,6H2,1H3,(H,13,17). The Kier molecular flexibility index (Phi) is 2.22. The third-order valence-electron chi connectivity index (χ3n) is 3.48. The van der Waals surface area contributed by atoms with E-state index in [9.17, 15) is 9.90 Å². The van der Waals surface area contributed by atoms with E-state index < -0.39 is 0 Å². The maximum absolute atomic E-state index is 12.0. The number of fused-ring (bicyclic) bond motifs is 1. The minimum atomic E-state index is -0.107. The van der Waals surface area contributed by atoms with Gasteiger partial charge in [0, 0.05) is 6.07 Å².